The van der Waals surface area contributed by atoms with E-state index < -0.39 is 23.7 Å². The van der Waals surface area contributed by atoms with Gasteiger partial charge >= 0.3 is 0 Å². The molecule has 0 saturated carbocycles. The van der Waals surface area contributed by atoms with Crippen LogP contribution in [0.4, 0.5) is 4.39 Å². The third-order valence-electron chi connectivity index (χ3n) is 3.29. The van der Waals surface area contributed by atoms with Crippen LogP contribution in [0.5, 0.6) is 11.5 Å². The van der Waals surface area contributed by atoms with Crippen LogP contribution in [-0.4, -0.2) is 24.5 Å². The van der Waals surface area contributed by atoms with Gasteiger partial charge in [0.15, 0.2) is 6.10 Å². The minimum absolute atomic E-state index is 0.0605. The molecule has 0 aliphatic rings. The molecule has 2 aromatic rings. The highest BCUT2D eigenvalue weighted by Crippen LogP contribution is 2.19. The molecular formula is C18H18BrFN2O4. The summed E-state index contributed by atoms with van der Waals surface area (Å²) in [5.74, 6) is -0.588. The largest absolute Gasteiger partial charge is 0.494 e. The fourth-order valence-corrected chi connectivity index (χ4v) is 2.42. The van der Waals surface area contributed by atoms with Crippen LogP contribution < -0.4 is 20.3 Å². The first-order valence-electron chi connectivity index (χ1n) is 7.85. The summed E-state index contributed by atoms with van der Waals surface area (Å²) >= 11 is 3.15. The van der Waals surface area contributed by atoms with E-state index in [0.717, 1.165) is 6.07 Å². The molecule has 0 bridgehead atoms. The predicted octanol–water partition coefficient (Wildman–Crippen LogP) is 3.22. The van der Waals surface area contributed by atoms with E-state index in [-0.39, 0.29) is 5.56 Å². The number of hydrazine groups is 1. The number of hydrogen-bond donors (Lipinski definition) is 2. The average molecular weight is 425 g/mol. The maximum Gasteiger partial charge on any atom is 0.279 e. The SMILES string of the molecule is CCOc1ccc(OC(C)C(=O)NNC(=O)c2cc(F)ccc2Br)cc1. The molecule has 0 aliphatic carbocycles. The first-order valence-corrected chi connectivity index (χ1v) is 8.64. The second-order valence-corrected chi connectivity index (χ2v) is 6.09. The van der Waals surface area contributed by atoms with Crippen molar-refractivity contribution >= 4 is 27.7 Å². The van der Waals surface area contributed by atoms with Crippen molar-refractivity contribution in [1.82, 2.24) is 10.9 Å². The third kappa shape index (κ3) is 5.45. The van der Waals surface area contributed by atoms with Gasteiger partial charge < -0.3 is 9.47 Å². The van der Waals surface area contributed by atoms with E-state index in [9.17, 15) is 14.0 Å². The molecule has 0 radical (unpaired) electrons. The van der Waals surface area contributed by atoms with Crippen LogP contribution in [0.25, 0.3) is 0 Å². The number of amides is 2. The standard InChI is InChI=1S/C18H18BrFN2O4/c1-3-25-13-5-7-14(8-6-13)26-11(2)17(23)21-22-18(24)15-10-12(20)4-9-16(15)19/h4-11H,3H2,1-2H3,(H,21,23)(H,22,24). The lowest BCUT2D eigenvalue weighted by Crippen LogP contribution is -2.47. The van der Waals surface area contributed by atoms with Crippen molar-refractivity contribution in [3.05, 3.63) is 58.3 Å². The zero-order chi connectivity index (χ0) is 19.1. The van der Waals surface area contributed by atoms with E-state index in [1.165, 1.54) is 19.1 Å². The van der Waals surface area contributed by atoms with E-state index in [4.69, 9.17) is 9.47 Å². The van der Waals surface area contributed by atoms with Crippen LogP contribution in [0.15, 0.2) is 46.9 Å². The average Bonchev–Trinajstić information content (AvgIpc) is 2.63. The Morgan fingerprint density at radius 2 is 1.77 bits per heavy atom. The van der Waals surface area contributed by atoms with Crippen molar-refractivity contribution in [1.29, 1.82) is 0 Å². The molecule has 0 heterocycles. The molecule has 0 saturated heterocycles. The lowest BCUT2D eigenvalue weighted by molar-refractivity contribution is -0.128. The Kier molecular flexibility index (Phi) is 6.97. The molecule has 2 N–H and O–H groups in total. The minimum atomic E-state index is -0.857. The highest BCUT2D eigenvalue weighted by Gasteiger charge is 2.17. The van der Waals surface area contributed by atoms with Crippen molar-refractivity contribution in [3.63, 3.8) is 0 Å². The summed E-state index contributed by atoms with van der Waals surface area (Å²) < 4.78 is 24.5. The Labute approximate surface area is 158 Å². The summed E-state index contributed by atoms with van der Waals surface area (Å²) in [7, 11) is 0. The van der Waals surface area contributed by atoms with Crippen LogP contribution in [0, 0.1) is 5.82 Å². The number of carbonyl (C=O) groups is 2. The van der Waals surface area contributed by atoms with Gasteiger partial charge in [0.2, 0.25) is 0 Å². The summed E-state index contributed by atoms with van der Waals surface area (Å²) in [4.78, 5) is 24.1. The Bertz CT molecular complexity index is 783. The second kappa shape index (κ2) is 9.19. The summed E-state index contributed by atoms with van der Waals surface area (Å²) in [5, 5.41) is 0. The molecule has 0 aliphatic heterocycles. The molecule has 2 rings (SSSR count). The van der Waals surface area contributed by atoms with Gasteiger partial charge in [-0.05, 0) is 72.2 Å². The Balaban J connectivity index is 1.88. The monoisotopic (exact) mass is 424 g/mol. The number of hydrogen-bond acceptors (Lipinski definition) is 4. The number of carbonyl (C=O) groups excluding carboxylic acids is 2. The van der Waals surface area contributed by atoms with Gasteiger partial charge in [0.25, 0.3) is 11.8 Å². The van der Waals surface area contributed by atoms with Crippen molar-refractivity contribution in [2.24, 2.45) is 0 Å². The number of ether oxygens (including phenoxy) is 2. The van der Waals surface area contributed by atoms with Gasteiger partial charge in [0, 0.05) is 4.47 Å². The Morgan fingerprint density at radius 1 is 1.12 bits per heavy atom. The fraction of sp³-hybridized carbons (Fsp3) is 0.222. The van der Waals surface area contributed by atoms with Crippen LogP contribution >= 0.6 is 15.9 Å². The van der Waals surface area contributed by atoms with E-state index in [0.29, 0.717) is 22.6 Å². The van der Waals surface area contributed by atoms with Crippen LogP contribution in [-0.2, 0) is 4.79 Å². The van der Waals surface area contributed by atoms with Crippen LogP contribution in [0.1, 0.15) is 24.2 Å². The van der Waals surface area contributed by atoms with Crippen LogP contribution in [0.2, 0.25) is 0 Å². The minimum Gasteiger partial charge on any atom is -0.494 e. The summed E-state index contributed by atoms with van der Waals surface area (Å²) in [5.41, 5.74) is 4.53. The van der Waals surface area contributed by atoms with Gasteiger partial charge in [0.05, 0.1) is 12.2 Å². The molecule has 2 aromatic carbocycles. The summed E-state index contributed by atoms with van der Waals surface area (Å²) in [6.07, 6.45) is -0.857. The van der Waals surface area contributed by atoms with Crippen molar-refractivity contribution < 1.29 is 23.5 Å². The summed E-state index contributed by atoms with van der Waals surface area (Å²) in [6.45, 7) is 3.98. The molecule has 0 fully saturated rings. The zero-order valence-corrected chi connectivity index (χ0v) is 15.8. The molecule has 0 spiro atoms. The first kappa shape index (κ1) is 19.7. The van der Waals surface area contributed by atoms with Crippen molar-refractivity contribution in [2.75, 3.05) is 6.61 Å². The van der Waals surface area contributed by atoms with E-state index in [2.05, 4.69) is 26.8 Å². The van der Waals surface area contributed by atoms with Crippen LogP contribution in [0.3, 0.4) is 0 Å². The molecule has 138 valence electrons. The molecule has 26 heavy (non-hydrogen) atoms. The topological polar surface area (TPSA) is 76.7 Å². The Hall–Kier alpha value is -2.61. The molecular weight excluding hydrogens is 407 g/mol. The van der Waals surface area contributed by atoms with Gasteiger partial charge in [-0.1, -0.05) is 0 Å². The highest BCUT2D eigenvalue weighted by molar-refractivity contribution is 9.10. The highest BCUT2D eigenvalue weighted by atomic mass is 79.9. The zero-order valence-electron chi connectivity index (χ0n) is 14.2. The maximum atomic E-state index is 13.2. The van der Waals surface area contributed by atoms with Crippen molar-refractivity contribution in [2.45, 2.75) is 20.0 Å². The second-order valence-electron chi connectivity index (χ2n) is 5.23. The predicted molar refractivity (Wildman–Crippen MR) is 97.4 cm³/mol. The smallest absolute Gasteiger partial charge is 0.279 e. The Morgan fingerprint density at radius 3 is 2.42 bits per heavy atom. The number of benzene rings is 2. The molecule has 1 atom stereocenters. The van der Waals surface area contributed by atoms with Gasteiger partial charge in [-0.25, -0.2) is 4.39 Å². The lowest BCUT2D eigenvalue weighted by Gasteiger charge is -2.15. The lowest BCUT2D eigenvalue weighted by atomic mass is 10.2. The van der Waals surface area contributed by atoms with E-state index in [1.54, 1.807) is 24.3 Å². The molecule has 6 nitrogen and oxygen atoms in total. The quantitative estimate of drug-likeness (QED) is 0.697. The molecule has 0 aromatic heterocycles. The van der Waals surface area contributed by atoms with Crippen molar-refractivity contribution in [3.8, 4) is 11.5 Å². The normalized spacial score (nSPS) is 11.4. The molecule has 2 amide bonds. The number of nitrogens with one attached hydrogen (secondary N) is 2. The molecule has 8 heteroatoms. The molecule has 1 unspecified atom stereocenters. The number of halogens is 2. The van der Waals surface area contributed by atoms with Gasteiger partial charge in [-0.2, -0.15) is 0 Å². The van der Waals surface area contributed by atoms with Gasteiger partial charge in [-0.15, -0.1) is 0 Å². The first-order chi connectivity index (χ1) is 12.4. The van der Waals surface area contributed by atoms with Gasteiger partial charge in [-0.3, -0.25) is 20.4 Å². The van der Waals surface area contributed by atoms with E-state index in [1.807, 2.05) is 6.92 Å². The number of rotatable bonds is 6. The van der Waals surface area contributed by atoms with Gasteiger partial charge in [0.1, 0.15) is 17.3 Å². The maximum absolute atomic E-state index is 13.2. The van der Waals surface area contributed by atoms with E-state index >= 15 is 0 Å². The summed E-state index contributed by atoms with van der Waals surface area (Å²) in [6, 6.07) is 10.5. The fourth-order valence-electron chi connectivity index (χ4n) is 2.00. The third-order valence-corrected chi connectivity index (χ3v) is 3.98.